The average Bonchev–Trinajstić information content (AvgIpc) is 2.81. The Kier molecular flexibility index (Phi) is 3.12. The highest BCUT2D eigenvalue weighted by Gasteiger charge is 2.30. The Hall–Kier alpha value is -1.85. The molecule has 2 amide bonds. The van der Waals surface area contributed by atoms with Gasteiger partial charge in [-0.05, 0) is 6.92 Å². The van der Waals surface area contributed by atoms with E-state index in [0.29, 0.717) is 19.6 Å². The topological polar surface area (TPSA) is 66.7 Å². The fourth-order valence-corrected chi connectivity index (χ4v) is 2.00. The SMILES string of the molecule is CC(=O)N1CCN(C(=O)c2ncco2)C(C)C1. The largest absolute Gasteiger partial charge is 0.441 e. The zero-order valence-corrected chi connectivity index (χ0v) is 9.92. The summed E-state index contributed by atoms with van der Waals surface area (Å²) in [5, 5.41) is 0. The Labute approximate surface area is 99.2 Å². The number of rotatable bonds is 1. The molecule has 6 nitrogen and oxygen atoms in total. The first-order valence-corrected chi connectivity index (χ1v) is 5.55. The number of hydrogen-bond acceptors (Lipinski definition) is 4. The van der Waals surface area contributed by atoms with E-state index in [9.17, 15) is 9.59 Å². The van der Waals surface area contributed by atoms with Crippen LogP contribution in [-0.2, 0) is 4.79 Å². The van der Waals surface area contributed by atoms with Crippen molar-refractivity contribution in [3.05, 3.63) is 18.4 Å². The summed E-state index contributed by atoms with van der Waals surface area (Å²) in [7, 11) is 0. The third kappa shape index (κ3) is 2.30. The molecule has 0 aromatic carbocycles. The van der Waals surface area contributed by atoms with E-state index in [2.05, 4.69) is 4.98 Å². The molecular formula is C11H15N3O3. The van der Waals surface area contributed by atoms with Crippen molar-refractivity contribution in [1.29, 1.82) is 0 Å². The molecule has 1 aliphatic rings. The van der Waals surface area contributed by atoms with Crippen LogP contribution in [0, 0.1) is 0 Å². The van der Waals surface area contributed by atoms with Gasteiger partial charge in [0.25, 0.3) is 5.89 Å². The Balaban J connectivity index is 2.05. The summed E-state index contributed by atoms with van der Waals surface area (Å²) < 4.78 is 4.99. The first-order chi connectivity index (χ1) is 8.09. The molecule has 1 unspecified atom stereocenters. The van der Waals surface area contributed by atoms with E-state index in [1.54, 1.807) is 9.80 Å². The van der Waals surface area contributed by atoms with E-state index < -0.39 is 0 Å². The number of nitrogens with zero attached hydrogens (tertiary/aromatic N) is 3. The average molecular weight is 237 g/mol. The lowest BCUT2D eigenvalue weighted by Crippen LogP contribution is -2.55. The van der Waals surface area contributed by atoms with Crippen LogP contribution in [0.15, 0.2) is 16.9 Å². The van der Waals surface area contributed by atoms with Crippen LogP contribution in [0.1, 0.15) is 24.5 Å². The lowest BCUT2D eigenvalue weighted by atomic mass is 10.2. The maximum atomic E-state index is 12.0. The van der Waals surface area contributed by atoms with Crippen LogP contribution >= 0.6 is 0 Å². The summed E-state index contributed by atoms with van der Waals surface area (Å²) in [5.41, 5.74) is 0. The number of carbonyl (C=O) groups excluding carboxylic acids is 2. The molecule has 1 fully saturated rings. The van der Waals surface area contributed by atoms with E-state index in [0.717, 1.165) is 0 Å². The molecule has 2 rings (SSSR count). The third-order valence-electron chi connectivity index (χ3n) is 2.95. The minimum atomic E-state index is -0.217. The summed E-state index contributed by atoms with van der Waals surface area (Å²) in [4.78, 5) is 30.5. The van der Waals surface area contributed by atoms with Gasteiger partial charge in [-0.3, -0.25) is 9.59 Å². The fraction of sp³-hybridized carbons (Fsp3) is 0.545. The lowest BCUT2D eigenvalue weighted by Gasteiger charge is -2.38. The van der Waals surface area contributed by atoms with Crippen LogP contribution in [0.2, 0.25) is 0 Å². The van der Waals surface area contributed by atoms with Gasteiger partial charge in [0.15, 0.2) is 0 Å². The van der Waals surface area contributed by atoms with E-state index >= 15 is 0 Å². The van der Waals surface area contributed by atoms with Crippen molar-refractivity contribution in [2.24, 2.45) is 0 Å². The zero-order valence-electron chi connectivity index (χ0n) is 9.92. The Morgan fingerprint density at radius 3 is 2.76 bits per heavy atom. The van der Waals surface area contributed by atoms with Crippen LogP contribution in [0.4, 0.5) is 0 Å². The maximum Gasteiger partial charge on any atom is 0.310 e. The van der Waals surface area contributed by atoms with Gasteiger partial charge in [-0.1, -0.05) is 0 Å². The molecule has 17 heavy (non-hydrogen) atoms. The molecule has 0 saturated carbocycles. The zero-order chi connectivity index (χ0) is 12.4. The highest BCUT2D eigenvalue weighted by molar-refractivity contribution is 5.90. The Bertz CT molecular complexity index is 416. The van der Waals surface area contributed by atoms with Crippen molar-refractivity contribution < 1.29 is 14.0 Å². The molecule has 2 heterocycles. The first kappa shape index (κ1) is 11.6. The molecule has 0 aliphatic carbocycles. The second-order valence-corrected chi connectivity index (χ2v) is 4.15. The van der Waals surface area contributed by atoms with Gasteiger partial charge >= 0.3 is 5.91 Å². The van der Waals surface area contributed by atoms with Gasteiger partial charge in [-0.2, -0.15) is 0 Å². The van der Waals surface area contributed by atoms with Crippen molar-refractivity contribution in [2.75, 3.05) is 19.6 Å². The lowest BCUT2D eigenvalue weighted by molar-refractivity contribution is -0.131. The third-order valence-corrected chi connectivity index (χ3v) is 2.95. The summed E-state index contributed by atoms with van der Waals surface area (Å²) in [5.74, 6) is -0.0705. The van der Waals surface area contributed by atoms with E-state index in [1.807, 2.05) is 6.92 Å². The summed E-state index contributed by atoms with van der Waals surface area (Å²) in [6, 6.07) is -0.0213. The molecular weight excluding hydrogens is 222 g/mol. The summed E-state index contributed by atoms with van der Waals surface area (Å²) in [6.45, 7) is 5.09. The van der Waals surface area contributed by atoms with Gasteiger partial charge in [0.05, 0.1) is 6.20 Å². The highest BCUT2D eigenvalue weighted by atomic mass is 16.4. The minimum absolute atomic E-state index is 0.0213. The molecule has 0 spiro atoms. The molecule has 1 aliphatic heterocycles. The smallest absolute Gasteiger partial charge is 0.310 e. The van der Waals surface area contributed by atoms with E-state index in [1.165, 1.54) is 19.4 Å². The first-order valence-electron chi connectivity index (χ1n) is 5.55. The van der Waals surface area contributed by atoms with E-state index in [-0.39, 0.29) is 23.7 Å². The second-order valence-electron chi connectivity index (χ2n) is 4.15. The van der Waals surface area contributed by atoms with Crippen LogP contribution in [-0.4, -0.2) is 52.3 Å². The van der Waals surface area contributed by atoms with Crippen LogP contribution < -0.4 is 0 Å². The number of aromatic nitrogens is 1. The standard InChI is InChI=1S/C11H15N3O3/c1-8-7-13(9(2)15)4-5-14(8)11(16)10-12-3-6-17-10/h3,6,8H,4-5,7H2,1-2H3. The molecule has 92 valence electrons. The fourth-order valence-electron chi connectivity index (χ4n) is 2.00. The van der Waals surface area contributed by atoms with Crippen LogP contribution in [0.3, 0.4) is 0 Å². The number of amides is 2. The van der Waals surface area contributed by atoms with Gasteiger partial charge in [-0.25, -0.2) is 4.98 Å². The normalized spacial score (nSPS) is 20.5. The summed E-state index contributed by atoms with van der Waals surface area (Å²) in [6.07, 6.45) is 2.83. The van der Waals surface area contributed by atoms with Gasteiger partial charge in [0, 0.05) is 32.6 Å². The van der Waals surface area contributed by atoms with E-state index in [4.69, 9.17) is 4.42 Å². The van der Waals surface area contributed by atoms with Crippen molar-refractivity contribution in [1.82, 2.24) is 14.8 Å². The monoisotopic (exact) mass is 237 g/mol. The highest BCUT2D eigenvalue weighted by Crippen LogP contribution is 2.13. The quantitative estimate of drug-likeness (QED) is 0.707. The van der Waals surface area contributed by atoms with Gasteiger partial charge in [0.2, 0.25) is 5.91 Å². The molecule has 1 atom stereocenters. The van der Waals surface area contributed by atoms with Crippen LogP contribution in [0.5, 0.6) is 0 Å². The number of carbonyl (C=O) groups is 2. The number of hydrogen-bond donors (Lipinski definition) is 0. The molecule has 0 bridgehead atoms. The summed E-state index contributed by atoms with van der Waals surface area (Å²) >= 11 is 0. The molecule has 1 aromatic rings. The van der Waals surface area contributed by atoms with Crippen molar-refractivity contribution in [3.8, 4) is 0 Å². The second kappa shape index (κ2) is 4.57. The van der Waals surface area contributed by atoms with Crippen molar-refractivity contribution in [3.63, 3.8) is 0 Å². The molecule has 1 aromatic heterocycles. The van der Waals surface area contributed by atoms with Gasteiger partial charge in [0.1, 0.15) is 6.26 Å². The maximum absolute atomic E-state index is 12.0. The van der Waals surface area contributed by atoms with Gasteiger partial charge < -0.3 is 14.2 Å². The molecule has 6 heteroatoms. The predicted molar refractivity (Wildman–Crippen MR) is 59.3 cm³/mol. The van der Waals surface area contributed by atoms with Gasteiger partial charge in [-0.15, -0.1) is 0 Å². The molecule has 0 N–H and O–H groups in total. The Morgan fingerprint density at radius 1 is 1.47 bits per heavy atom. The number of oxazole rings is 1. The minimum Gasteiger partial charge on any atom is -0.441 e. The Morgan fingerprint density at radius 2 is 2.24 bits per heavy atom. The van der Waals surface area contributed by atoms with Crippen molar-refractivity contribution >= 4 is 11.8 Å². The van der Waals surface area contributed by atoms with Crippen LogP contribution in [0.25, 0.3) is 0 Å². The molecule has 1 saturated heterocycles. The predicted octanol–water partition coefficient (Wildman–Crippen LogP) is 0.367. The molecule has 0 radical (unpaired) electrons. The van der Waals surface area contributed by atoms with Crippen molar-refractivity contribution in [2.45, 2.75) is 19.9 Å². The number of piperazine rings is 1.